The second-order valence-corrected chi connectivity index (χ2v) is 8.25. The number of carbonyl (C=O) groups is 2. The highest BCUT2D eigenvalue weighted by molar-refractivity contribution is 6.52. The number of hydrogen-bond donors (Lipinski definition) is 1. The summed E-state index contributed by atoms with van der Waals surface area (Å²) in [5, 5.41) is 11.3. The number of hydrogen-bond acceptors (Lipinski definition) is 5. The number of halogens is 4. The molecule has 1 fully saturated rings. The third-order valence-corrected chi connectivity index (χ3v) is 6.16. The van der Waals surface area contributed by atoms with Gasteiger partial charge in [0.2, 0.25) is 0 Å². The molecule has 10 heteroatoms. The van der Waals surface area contributed by atoms with Crippen LogP contribution in [-0.2, 0) is 9.59 Å². The Morgan fingerprint density at radius 2 is 1.60 bits per heavy atom. The van der Waals surface area contributed by atoms with Gasteiger partial charge in [-0.3, -0.25) is 14.5 Å². The van der Waals surface area contributed by atoms with Crippen LogP contribution in [0.15, 0.2) is 60.2 Å². The quantitative estimate of drug-likeness (QED) is 0.257. The Morgan fingerprint density at radius 3 is 2.20 bits per heavy atom. The van der Waals surface area contributed by atoms with E-state index in [0.717, 1.165) is 17.0 Å². The lowest BCUT2D eigenvalue weighted by Crippen LogP contribution is -2.29. The third kappa shape index (κ3) is 4.09. The summed E-state index contributed by atoms with van der Waals surface area (Å²) in [4.78, 5) is 27.3. The number of benzene rings is 3. The zero-order chi connectivity index (χ0) is 25.4. The van der Waals surface area contributed by atoms with Gasteiger partial charge in [-0.05, 0) is 23.8 Å². The molecule has 1 heterocycles. The molecule has 0 radical (unpaired) electrons. The second-order valence-electron chi connectivity index (χ2n) is 7.46. The number of ether oxygens (including phenoxy) is 2. The molecule has 0 saturated carbocycles. The molecule has 0 aliphatic carbocycles. The van der Waals surface area contributed by atoms with E-state index < -0.39 is 35.1 Å². The SMILES string of the molecule is COc1c(Cl)cc(/C(O)=C2\C(=O)C(=O)N(c3ccc(F)c(F)c3)C2c2ccccc2)c(OC)c1Cl. The van der Waals surface area contributed by atoms with E-state index in [2.05, 4.69) is 0 Å². The number of amides is 1. The molecule has 1 N–H and O–H groups in total. The molecule has 0 aromatic heterocycles. The summed E-state index contributed by atoms with van der Waals surface area (Å²) >= 11 is 12.6. The number of carbonyl (C=O) groups excluding carboxylic acids is 2. The molecule has 1 atom stereocenters. The lowest BCUT2D eigenvalue weighted by atomic mass is 9.94. The van der Waals surface area contributed by atoms with E-state index in [1.807, 2.05) is 0 Å². The minimum Gasteiger partial charge on any atom is -0.507 e. The van der Waals surface area contributed by atoms with Gasteiger partial charge in [0.05, 0.1) is 36.4 Å². The highest BCUT2D eigenvalue weighted by atomic mass is 35.5. The molecule has 1 aliphatic heterocycles. The summed E-state index contributed by atoms with van der Waals surface area (Å²) in [6.07, 6.45) is 0. The van der Waals surface area contributed by atoms with Crippen LogP contribution >= 0.6 is 23.2 Å². The average Bonchev–Trinajstić information content (AvgIpc) is 3.11. The monoisotopic (exact) mass is 519 g/mol. The molecule has 35 heavy (non-hydrogen) atoms. The first-order valence-electron chi connectivity index (χ1n) is 10.1. The summed E-state index contributed by atoms with van der Waals surface area (Å²) in [6.45, 7) is 0. The minimum absolute atomic E-state index is 0.0194. The zero-order valence-corrected chi connectivity index (χ0v) is 19.8. The first-order chi connectivity index (χ1) is 16.7. The van der Waals surface area contributed by atoms with Gasteiger partial charge in [-0.15, -0.1) is 0 Å². The molecule has 1 unspecified atom stereocenters. The van der Waals surface area contributed by atoms with Crippen molar-refractivity contribution in [3.8, 4) is 11.5 Å². The lowest BCUT2D eigenvalue weighted by Gasteiger charge is -2.25. The summed E-state index contributed by atoms with van der Waals surface area (Å²) in [7, 11) is 2.63. The molecule has 6 nitrogen and oxygen atoms in total. The molecule has 0 spiro atoms. The molecule has 180 valence electrons. The number of anilines is 1. The number of ketones is 1. The Bertz CT molecular complexity index is 1380. The van der Waals surface area contributed by atoms with Crippen molar-refractivity contribution in [2.45, 2.75) is 6.04 Å². The summed E-state index contributed by atoms with van der Waals surface area (Å²) in [5.74, 6) is -4.99. The van der Waals surface area contributed by atoms with E-state index >= 15 is 0 Å². The van der Waals surface area contributed by atoms with E-state index in [1.54, 1.807) is 30.3 Å². The van der Waals surface area contributed by atoms with Crippen LogP contribution < -0.4 is 14.4 Å². The molecular formula is C25H17Cl2F2NO5. The van der Waals surface area contributed by atoms with Crippen LogP contribution in [0.4, 0.5) is 14.5 Å². The van der Waals surface area contributed by atoms with E-state index in [4.69, 9.17) is 32.7 Å². The van der Waals surface area contributed by atoms with Crippen molar-refractivity contribution in [1.29, 1.82) is 0 Å². The number of methoxy groups -OCH3 is 2. The molecule has 4 rings (SSSR count). The van der Waals surface area contributed by atoms with Gasteiger partial charge in [0.1, 0.15) is 10.8 Å². The second kappa shape index (κ2) is 9.56. The lowest BCUT2D eigenvalue weighted by molar-refractivity contribution is -0.132. The van der Waals surface area contributed by atoms with Gasteiger partial charge in [-0.1, -0.05) is 53.5 Å². The van der Waals surface area contributed by atoms with Crippen molar-refractivity contribution < 1.29 is 33.0 Å². The Balaban J connectivity index is 2.01. The Labute approximate surface area is 208 Å². The fraction of sp³-hybridized carbons (Fsp3) is 0.120. The highest BCUT2D eigenvalue weighted by Crippen LogP contribution is 2.48. The largest absolute Gasteiger partial charge is 0.507 e. The van der Waals surface area contributed by atoms with E-state index in [1.165, 1.54) is 26.4 Å². The van der Waals surface area contributed by atoms with E-state index in [-0.39, 0.29) is 38.4 Å². The van der Waals surface area contributed by atoms with Crippen molar-refractivity contribution in [3.05, 3.63) is 93.0 Å². The van der Waals surface area contributed by atoms with Crippen LogP contribution in [0, 0.1) is 11.6 Å². The maximum Gasteiger partial charge on any atom is 0.300 e. The molecule has 3 aromatic carbocycles. The molecule has 1 amide bonds. The summed E-state index contributed by atoms with van der Waals surface area (Å²) < 4.78 is 38.1. The first kappa shape index (κ1) is 24.5. The number of aliphatic hydroxyl groups is 1. The average molecular weight is 520 g/mol. The van der Waals surface area contributed by atoms with Gasteiger partial charge in [0.15, 0.2) is 23.1 Å². The van der Waals surface area contributed by atoms with Crippen molar-refractivity contribution in [3.63, 3.8) is 0 Å². The number of Topliss-reactive ketones (excluding diaryl/α,β-unsaturated/α-hetero) is 1. The fourth-order valence-corrected chi connectivity index (χ4v) is 4.66. The normalized spacial score (nSPS) is 17.1. The van der Waals surface area contributed by atoms with Crippen molar-refractivity contribution >= 4 is 46.3 Å². The molecule has 1 saturated heterocycles. The third-order valence-electron chi connectivity index (χ3n) is 5.54. The van der Waals surface area contributed by atoms with Gasteiger partial charge in [-0.2, -0.15) is 0 Å². The van der Waals surface area contributed by atoms with E-state index in [0.29, 0.717) is 5.56 Å². The van der Waals surface area contributed by atoms with Crippen LogP contribution in [0.3, 0.4) is 0 Å². The zero-order valence-electron chi connectivity index (χ0n) is 18.3. The molecule has 3 aromatic rings. The van der Waals surface area contributed by atoms with Crippen molar-refractivity contribution in [2.75, 3.05) is 19.1 Å². The van der Waals surface area contributed by atoms with Gasteiger partial charge in [0.25, 0.3) is 11.7 Å². The van der Waals surface area contributed by atoms with Crippen LogP contribution in [0.5, 0.6) is 11.5 Å². The van der Waals surface area contributed by atoms with Crippen LogP contribution in [-0.4, -0.2) is 31.0 Å². The predicted octanol–water partition coefficient (Wildman–Crippen LogP) is 5.92. The Hall–Kier alpha value is -3.62. The topological polar surface area (TPSA) is 76.1 Å². The summed E-state index contributed by atoms with van der Waals surface area (Å²) in [6, 6.07) is 11.2. The van der Waals surface area contributed by atoms with Gasteiger partial charge >= 0.3 is 0 Å². The standard InChI is InChI=1S/C25H17Cl2F2NO5/c1-34-23-14(11-15(26)24(35-2)19(23)27)21(31)18-20(12-6-4-3-5-7-12)30(25(33)22(18)32)13-8-9-16(28)17(29)10-13/h3-11,20,31H,1-2H3/b21-18+. The Morgan fingerprint density at radius 1 is 0.943 bits per heavy atom. The van der Waals surface area contributed by atoms with Crippen LogP contribution in [0.2, 0.25) is 10.0 Å². The molecular weight excluding hydrogens is 503 g/mol. The number of aliphatic hydroxyl groups excluding tert-OH is 1. The highest BCUT2D eigenvalue weighted by Gasteiger charge is 2.47. The van der Waals surface area contributed by atoms with Crippen LogP contribution in [0.25, 0.3) is 5.76 Å². The maximum atomic E-state index is 14.0. The molecule has 1 aliphatic rings. The van der Waals surface area contributed by atoms with E-state index in [9.17, 15) is 23.5 Å². The molecule has 0 bridgehead atoms. The predicted molar refractivity (Wildman–Crippen MR) is 127 cm³/mol. The smallest absolute Gasteiger partial charge is 0.300 e. The first-order valence-corrected chi connectivity index (χ1v) is 10.9. The van der Waals surface area contributed by atoms with Crippen molar-refractivity contribution in [2.24, 2.45) is 0 Å². The van der Waals surface area contributed by atoms with Gasteiger partial charge in [-0.25, -0.2) is 8.78 Å². The number of nitrogens with zero attached hydrogens (tertiary/aromatic N) is 1. The van der Waals surface area contributed by atoms with Gasteiger partial charge < -0.3 is 14.6 Å². The maximum absolute atomic E-state index is 14.0. The summed E-state index contributed by atoms with van der Waals surface area (Å²) in [5.41, 5.74) is -0.0200. The van der Waals surface area contributed by atoms with Crippen LogP contribution in [0.1, 0.15) is 17.2 Å². The Kier molecular flexibility index (Phi) is 6.69. The minimum atomic E-state index is -1.20. The number of rotatable bonds is 5. The van der Waals surface area contributed by atoms with Gasteiger partial charge in [0, 0.05) is 11.8 Å². The van der Waals surface area contributed by atoms with Crippen molar-refractivity contribution in [1.82, 2.24) is 0 Å². The fourth-order valence-electron chi connectivity index (χ4n) is 3.98.